The van der Waals surface area contributed by atoms with E-state index in [0.29, 0.717) is 0 Å². The smallest absolute Gasteiger partial charge is 0.223 e. The normalized spacial score (nSPS) is 14.9. The molecule has 0 spiro atoms. The number of primary amides is 1. The number of carbonyl (C=O) groups excluding carboxylic acids is 1. The van der Waals surface area contributed by atoms with Gasteiger partial charge in [-0.05, 0) is 19.3 Å². The minimum absolute atomic E-state index is 0.0884. The van der Waals surface area contributed by atoms with Gasteiger partial charge < -0.3 is 5.73 Å². The molecule has 0 radical (unpaired) electrons. The first-order valence-electron chi connectivity index (χ1n) is 6.42. The van der Waals surface area contributed by atoms with Gasteiger partial charge in [-0.2, -0.15) is 0 Å². The molecule has 0 aromatic heterocycles. The fourth-order valence-electron chi connectivity index (χ4n) is 2.13. The summed E-state index contributed by atoms with van der Waals surface area (Å²) in [5.74, 6) is -0.0884. The average molecular weight is 213 g/mol. The molecule has 1 unspecified atom stereocenters. The van der Waals surface area contributed by atoms with Crippen LogP contribution in [0.2, 0.25) is 0 Å². The van der Waals surface area contributed by atoms with Crippen LogP contribution in [0.1, 0.15) is 72.1 Å². The molecule has 0 rings (SSSR count). The van der Waals surface area contributed by atoms with Gasteiger partial charge in [-0.3, -0.25) is 4.79 Å². The summed E-state index contributed by atoms with van der Waals surface area (Å²) >= 11 is 0. The van der Waals surface area contributed by atoms with E-state index in [0.717, 1.165) is 38.5 Å². The summed E-state index contributed by atoms with van der Waals surface area (Å²) in [4.78, 5) is 11.6. The summed E-state index contributed by atoms with van der Waals surface area (Å²) < 4.78 is 0. The van der Waals surface area contributed by atoms with Gasteiger partial charge in [0.15, 0.2) is 0 Å². The van der Waals surface area contributed by atoms with Gasteiger partial charge in [0.05, 0.1) is 0 Å². The summed E-state index contributed by atoms with van der Waals surface area (Å²) in [6.07, 6.45) is 8.65. The van der Waals surface area contributed by atoms with Gasteiger partial charge in [0.1, 0.15) is 0 Å². The molecule has 0 fully saturated rings. The molecule has 0 saturated heterocycles. The highest BCUT2D eigenvalue weighted by atomic mass is 16.1. The van der Waals surface area contributed by atoms with Crippen LogP contribution in [0, 0.1) is 5.41 Å². The van der Waals surface area contributed by atoms with Crippen molar-refractivity contribution in [3.63, 3.8) is 0 Å². The summed E-state index contributed by atoms with van der Waals surface area (Å²) in [5.41, 5.74) is 5.35. The lowest BCUT2D eigenvalue weighted by molar-refractivity contribution is -0.129. The number of hydrogen-bond donors (Lipinski definition) is 1. The van der Waals surface area contributed by atoms with E-state index in [2.05, 4.69) is 20.8 Å². The van der Waals surface area contributed by atoms with E-state index in [4.69, 9.17) is 5.73 Å². The van der Waals surface area contributed by atoms with Gasteiger partial charge in [-0.15, -0.1) is 0 Å². The van der Waals surface area contributed by atoms with Crippen LogP contribution in [0.25, 0.3) is 0 Å². The van der Waals surface area contributed by atoms with Crippen LogP contribution in [0.3, 0.4) is 0 Å². The minimum atomic E-state index is -0.217. The Hall–Kier alpha value is -0.530. The average Bonchev–Trinajstić information content (AvgIpc) is 2.23. The van der Waals surface area contributed by atoms with Crippen molar-refractivity contribution in [2.45, 2.75) is 72.1 Å². The van der Waals surface area contributed by atoms with Crippen molar-refractivity contribution in [1.29, 1.82) is 0 Å². The van der Waals surface area contributed by atoms with E-state index in [-0.39, 0.29) is 11.3 Å². The molecule has 90 valence electrons. The molecule has 15 heavy (non-hydrogen) atoms. The highest BCUT2D eigenvalue weighted by Gasteiger charge is 2.32. The largest absolute Gasteiger partial charge is 0.369 e. The molecule has 1 amide bonds. The van der Waals surface area contributed by atoms with Crippen LogP contribution in [-0.4, -0.2) is 5.91 Å². The predicted octanol–water partition coefficient (Wildman–Crippen LogP) is 3.64. The number of unbranched alkanes of at least 4 members (excludes halogenated alkanes) is 3. The Morgan fingerprint density at radius 3 is 1.93 bits per heavy atom. The van der Waals surface area contributed by atoms with Crippen molar-refractivity contribution in [3.05, 3.63) is 0 Å². The van der Waals surface area contributed by atoms with Crippen LogP contribution in [-0.2, 0) is 4.79 Å². The van der Waals surface area contributed by atoms with Crippen LogP contribution in [0.15, 0.2) is 0 Å². The number of carbonyl (C=O) groups is 1. The number of amides is 1. The zero-order valence-electron chi connectivity index (χ0n) is 10.6. The monoisotopic (exact) mass is 213 g/mol. The standard InChI is InChI=1S/C13H27NO/c1-4-7-9-11-13(6-3,12(14)15)10-8-5-2/h4-11H2,1-3H3,(H2,14,15). The van der Waals surface area contributed by atoms with Crippen LogP contribution < -0.4 is 5.73 Å². The minimum Gasteiger partial charge on any atom is -0.369 e. The Kier molecular flexibility index (Phi) is 7.45. The number of rotatable bonds is 9. The number of hydrogen-bond acceptors (Lipinski definition) is 1. The van der Waals surface area contributed by atoms with E-state index in [1.165, 1.54) is 12.8 Å². The molecular weight excluding hydrogens is 186 g/mol. The van der Waals surface area contributed by atoms with Gasteiger partial charge in [-0.1, -0.05) is 52.9 Å². The fraction of sp³-hybridized carbons (Fsp3) is 0.923. The van der Waals surface area contributed by atoms with Crippen molar-refractivity contribution in [3.8, 4) is 0 Å². The third kappa shape index (κ3) is 4.67. The molecule has 0 aliphatic rings. The van der Waals surface area contributed by atoms with Crippen LogP contribution >= 0.6 is 0 Å². The van der Waals surface area contributed by atoms with Gasteiger partial charge in [0, 0.05) is 5.41 Å². The Morgan fingerprint density at radius 2 is 1.53 bits per heavy atom. The van der Waals surface area contributed by atoms with Gasteiger partial charge in [-0.25, -0.2) is 0 Å². The molecule has 0 aliphatic carbocycles. The summed E-state index contributed by atoms with van der Waals surface area (Å²) in [6.45, 7) is 6.43. The number of nitrogens with two attached hydrogens (primary N) is 1. The van der Waals surface area contributed by atoms with Gasteiger partial charge >= 0.3 is 0 Å². The quantitative estimate of drug-likeness (QED) is 0.584. The first-order chi connectivity index (χ1) is 7.13. The third-order valence-corrected chi connectivity index (χ3v) is 3.47. The highest BCUT2D eigenvalue weighted by molar-refractivity contribution is 5.80. The Morgan fingerprint density at radius 1 is 1.00 bits per heavy atom. The fourth-order valence-corrected chi connectivity index (χ4v) is 2.13. The van der Waals surface area contributed by atoms with Crippen molar-refractivity contribution >= 4 is 5.91 Å². The molecule has 0 aromatic rings. The molecule has 2 heteroatoms. The van der Waals surface area contributed by atoms with E-state index >= 15 is 0 Å². The first kappa shape index (κ1) is 14.5. The van der Waals surface area contributed by atoms with E-state index < -0.39 is 0 Å². The first-order valence-corrected chi connectivity index (χ1v) is 6.42. The Bertz CT molecular complexity index is 179. The predicted molar refractivity (Wildman–Crippen MR) is 65.6 cm³/mol. The van der Waals surface area contributed by atoms with Crippen LogP contribution in [0.5, 0.6) is 0 Å². The van der Waals surface area contributed by atoms with Crippen LogP contribution in [0.4, 0.5) is 0 Å². The summed E-state index contributed by atoms with van der Waals surface area (Å²) in [5, 5.41) is 0. The van der Waals surface area contributed by atoms with Gasteiger partial charge in [0.2, 0.25) is 5.91 Å². The molecule has 0 aromatic carbocycles. The van der Waals surface area contributed by atoms with E-state index in [9.17, 15) is 4.79 Å². The lowest BCUT2D eigenvalue weighted by atomic mass is 9.75. The van der Waals surface area contributed by atoms with Crippen molar-refractivity contribution in [1.82, 2.24) is 0 Å². The van der Waals surface area contributed by atoms with E-state index in [1.807, 2.05) is 0 Å². The van der Waals surface area contributed by atoms with E-state index in [1.54, 1.807) is 0 Å². The highest BCUT2D eigenvalue weighted by Crippen LogP contribution is 2.34. The van der Waals surface area contributed by atoms with Crippen molar-refractivity contribution in [2.24, 2.45) is 11.1 Å². The van der Waals surface area contributed by atoms with Crippen molar-refractivity contribution in [2.75, 3.05) is 0 Å². The molecular formula is C13H27NO. The second-order valence-corrected chi connectivity index (χ2v) is 4.56. The molecule has 0 heterocycles. The summed E-state index contributed by atoms with van der Waals surface area (Å²) in [6, 6.07) is 0. The lowest BCUT2D eigenvalue weighted by Gasteiger charge is -2.29. The molecule has 0 aliphatic heterocycles. The maximum Gasteiger partial charge on any atom is 0.223 e. The Labute approximate surface area is 94.6 Å². The molecule has 2 N–H and O–H groups in total. The maximum atomic E-state index is 11.6. The zero-order chi connectivity index (χ0) is 11.7. The molecule has 0 bridgehead atoms. The topological polar surface area (TPSA) is 43.1 Å². The summed E-state index contributed by atoms with van der Waals surface area (Å²) in [7, 11) is 0. The lowest BCUT2D eigenvalue weighted by Crippen LogP contribution is -2.36. The Balaban J connectivity index is 4.30. The second kappa shape index (κ2) is 7.72. The third-order valence-electron chi connectivity index (χ3n) is 3.47. The maximum absolute atomic E-state index is 11.6. The molecule has 1 atom stereocenters. The second-order valence-electron chi connectivity index (χ2n) is 4.56. The van der Waals surface area contributed by atoms with Crippen molar-refractivity contribution < 1.29 is 4.79 Å². The molecule has 2 nitrogen and oxygen atoms in total. The SMILES string of the molecule is CCCCCC(CC)(CCCC)C(N)=O. The van der Waals surface area contributed by atoms with Gasteiger partial charge in [0.25, 0.3) is 0 Å². The zero-order valence-corrected chi connectivity index (χ0v) is 10.6. The molecule has 0 saturated carbocycles.